The fraction of sp³-hybridized carbons (Fsp3) is 0.611. The SMILES string of the molecule is CC(N)CCCC(C)C(=O)NC1CCCc2ccccc21. The predicted molar refractivity (Wildman–Crippen MR) is 86.9 cm³/mol. The van der Waals surface area contributed by atoms with Crippen LogP contribution in [0.3, 0.4) is 0 Å². The topological polar surface area (TPSA) is 55.1 Å². The molecule has 1 aromatic rings. The second kappa shape index (κ2) is 7.60. The standard InChI is InChI=1S/C18H28N2O/c1-13(7-5-8-14(2)19)18(21)20-17-12-6-10-15-9-3-4-11-16(15)17/h3-4,9,11,13-14,17H,5-8,10,12,19H2,1-2H3,(H,20,21). The lowest BCUT2D eigenvalue weighted by Crippen LogP contribution is -2.34. The number of rotatable bonds is 6. The highest BCUT2D eigenvalue weighted by Gasteiger charge is 2.23. The normalized spacial score (nSPS) is 20.4. The average Bonchev–Trinajstić information content (AvgIpc) is 2.47. The van der Waals surface area contributed by atoms with Crippen LogP contribution in [0, 0.1) is 5.92 Å². The van der Waals surface area contributed by atoms with Crippen LogP contribution in [0.25, 0.3) is 0 Å². The molecule has 0 aliphatic heterocycles. The van der Waals surface area contributed by atoms with Gasteiger partial charge in [0.15, 0.2) is 0 Å². The molecule has 0 spiro atoms. The first kappa shape index (κ1) is 16.0. The summed E-state index contributed by atoms with van der Waals surface area (Å²) in [5.74, 6) is 0.249. The Morgan fingerprint density at radius 2 is 2.10 bits per heavy atom. The Kier molecular flexibility index (Phi) is 5.80. The van der Waals surface area contributed by atoms with E-state index < -0.39 is 0 Å². The van der Waals surface area contributed by atoms with Gasteiger partial charge in [0.2, 0.25) is 5.91 Å². The lowest BCUT2D eigenvalue weighted by molar-refractivity contribution is -0.125. The van der Waals surface area contributed by atoms with E-state index in [1.807, 2.05) is 13.8 Å². The molecule has 3 unspecified atom stereocenters. The molecule has 0 bridgehead atoms. The van der Waals surface area contributed by atoms with Crippen molar-refractivity contribution in [1.29, 1.82) is 0 Å². The number of nitrogens with one attached hydrogen (secondary N) is 1. The molecule has 0 fully saturated rings. The molecule has 2 rings (SSSR count). The summed E-state index contributed by atoms with van der Waals surface area (Å²) in [6.07, 6.45) is 6.27. The minimum atomic E-state index is 0.0674. The highest BCUT2D eigenvalue weighted by Crippen LogP contribution is 2.29. The van der Waals surface area contributed by atoms with Crippen LogP contribution in [-0.4, -0.2) is 11.9 Å². The van der Waals surface area contributed by atoms with Crippen molar-refractivity contribution in [3.63, 3.8) is 0 Å². The molecule has 3 nitrogen and oxygen atoms in total. The van der Waals surface area contributed by atoms with Gasteiger partial charge < -0.3 is 11.1 Å². The molecule has 0 radical (unpaired) electrons. The summed E-state index contributed by atoms with van der Waals surface area (Å²) in [6.45, 7) is 4.04. The molecule has 0 aromatic heterocycles. The minimum absolute atomic E-state index is 0.0674. The third-order valence-corrected chi connectivity index (χ3v) is 4.43. The Labute approximate surface area is 128 Å². The summed E-state index contributed by atoms with van der Waals surface area (Å²) in [5.41, 5.74) is 8.45. The lowest BCUT2D eigenvalue weighted by Gasteiger charge is -2.27. The van der Waals surface area contributed by atoms with Gasteiger partial charge >= 0.3 is 0 Å². The number of amides is 1. The zero-order chi connectivity index (χ0) is 15.2. The third kappa shape index (κ3) is 4.57. The van der Waals surface area contributed by atoms with Crippen LogP contribution in [-0.2, 0) is 11.2 Å². The Bertz CT molecular complexity index is 470. The molecule has 3 N–H and O–H groups in total. The lowest BCUT2D eigenvalue weighted by atomic mass is 9.87. The van der Waals surface area contributed by atoms with Crippen LogP contribution in [0.5, 0.6) is 0 Å². The van der Waals surface area contributed by atoms with E-state index in [-0.39, 0.29) is 23.9 Å². The van der Waals surface area contributed by atoms with Crippen molar-refractivity contribution in [2.75, 3.05) is 0 Å². The highest BCUT2D eigenvalue weighted by atomic mass is 16.1. The van der Waals surface area contributed by atoms with E-state index in [1.165, 1.54) is 11.1 Å². The number of hydrogen-bond acceptors (Lipinski definition) is 2. The van der Waals surface area contributed by atoms with E-state index in [1.54, 1.807) is 0 Å². The van der Waals surface area contributed by atoms with Crippen molar-refractivity contribution in [3.8, 4) is 0 Å². The molecular weight excluding hydrogens is 260 g/mol. The number of aryl methyl sites for hydroxylation is 1. The van der Waals surface area contributed by atoms with Crippen LogP contribution in [0.2, 0.25) is 0 Å². The Balaban J connectivity index is 1.88. The van der Waals surface area contributed by atoms with Gasteiger partial charge in [-0.1, -0.05) is 37.6 Å². The van der Waals surface area contributed by atoms with Gasteiger partial charge in [0.1, 0.15) is 0 Å². The van der Waals surface area contributed by atoms with Gasteiger partial charge in [-0.15, -0.1) is 0 Å². The summed E-state index contributed by atoms with van der Waals surface area (Å²) in [5, 5.41) is 3.24. The van der Waals surface area contributed by atoms with Gasteiger partial charge in [-0.25, -0.2) is 0 Å². The average molecular weight is 288 g/mol. The van der Waals surface area contributed by atoms with E-state index in [9.17, 15) is 4.79 Å². The molecule has 21 heavy (non-hydrogen) atoms. The van der Waals surface area contributed by atoms with Crippen molar-refractivity contribution in [2.24, 2.45) is 11.7 Å². The summed E-state index contributed by atoms with van der Waals surface area (Å²) >= 11 is 0. The maximum absolute atomic E-state index is 12.4. The molecule has 0 saturated heterocycles. The zero-order valence-corrected chi connectivity index (χ0v) is 13.3. The first-order valence-electron chi connectivity index (χ1n) is 8.21. The number of carbonyl (C=O) groups excluding carboxylic acids is 1. The van der Waals surface area contributed by atoms with Gasteiger partial charge in [0.05, 0.1) is 6.04 Å². The van der Waals surface area contributed by atoms with Crippen molar-refractivity contribution in [3.05, 3.63) is 35.4 Å². The summed E-state index contributed by atoms with van der Waals surface area (Å²) < 4.78 is 0. The van der Waals surface area contributed by atoms with Crippen molar-refractivity contribution in [2.45, 2.75) is 64.5 Å². The van der Waals surface area contributed by atoms with Crippen molar-refractivity contribution in [1.82, 2.24) is 5.32 Å². The van der Waals surface area contributed by atoms with Crippen LogP contribution < -0.4 is 11.1 Å². The van der Waals surface area contributed by atoms with E-state index in [0.29, 0.717) is 0 Å². The molecule has 1 aliphatic carbocycles. The van der Waals surface area contributed by atoms with E-state index in [0.717, 1.165) is 38.5 Å². The van der Waals surface area contributed by atoms with Gasteiger partial charge in [0.25, 0.3) is 0 Å². The predicted octanol–water partition coefficient (Wildman–Crippen LogP) is 3.33. The number of benzene rings is 1. The second-order valence-electron chi connectivity index (χ2n) is 6.46. The van der Waals surface area contributed by atoms with Crippen molar-refractivity contribution >= 4 is 5.91 Å². The fourth-order valence-corrected chi connectivity index (χ4v) is 3.09. The van der Waals surface area contributed by atoms with Crippen LogP contribution in [0.1, 0.15) is 63.1 Å². The first-order valence-corrected chi connectivity index (χ1v) is 8.21. The first-order chi connectivity index (χ1) is 10.1. The number of carbonyl (C=O) groups is 1. The van der Waals surface area contributed by atoms with Crippen LogP contribution in [0.15, 0.2) is 24.3 Å². The molecule has 1 aromatic carbocycles. The molecule has 0 saturated carbocycles. The zero-order valence-electron chi connectivity index (χ0n) is 13.3. The maximum atomic E-state index is 12.4. The monoisotopic (exact) mass is 288 g/mol. The molecular formula is C18H28N2O. The van der Waals surface area contributed by atoms with E-state index >= 15 is 0 Å². The Hall–Kier alpha value is -1.35. The third-order valence-electron chi connectivity index (χ3n) is 4.43. The van der Waals surface area contributed by atoms with Crippen LogP contribution >= 0.6 is 0 Å². The Morgan fingerprint density at radius 3 is 2.86 bits per heavy atom. The summed E-state index contributed by atoms with van der Waals surface area (Å²) in [6, 6.07) is 8.90. The number of nitrogens with two attached hydrogens (primary N) is 1. The number of hydrogen-bond donors (Lipinski definition) is 2. The summed E-state index contributed by atoms with van der Waals surface area (Å²) in [7, 11) is 0. The van der Waals surface area contributed by atoms with E-state index in [2.05, 4.69) is 29.6 Å². The van der Waals surface area contributed by atoms with Gasteiger partial charge in [-0.2, -0.15) is 0 Å². The molecule has 116 valence electrons. The quantitative estimate of drug-likeness (QED) is 0.843. The molecule has 1 amide bonds. The molecule has 3 atom stereocenters. The fourth-order valence-electron chi connectivity index (χ4n) is 3.09. The van der Waals surface area contributed by atoms with E-state index in [4.69, 9.17) is 5.73 Å². The Morgan fingerprint density at radius 1 is 1.33 bits per heavy atom. The van der Waals surface area contributed by atoms with Gasteiger partial charge in [-0.3, -0.25) is 4.79 Å². The maximum Gasteiger partial charge on any atom is 0.223 e. The van der Waals surface area contributed by atoms with Gasteiger partial charge in [-0.05, 0) is 50.2 Å². The smallest absolute Gasteiger partial charge is 0.223 e. The highest BCUT2D eigenvalue weighted by molar-refractivity contribution is 5.78. The second-order valence-corrected chi connectivity index (χ2v) is 6.46. The minimum Gasteiger partial charge on any atom is -0.349 e. The number of fused-ring (bicyclic) bond motifs is 1. The van der Waals surface area contributed by atoms with Crippen LogP contribution in [0.4, 0.5) is 0 Å². The molecule has 0 heterocycles. The molecule has 1 aliphatic rings. The van der Waals surface area contributed by atoms with Gasteiger partial charge in [0, 0.05) is 12.0 Å². The molecule has 3 heteroatoms. The summed E-state index contributed by atoms with van der Waals surface area (Å²) in [4.78, 5) is 12.4. The van der Waals surface area contributed by atoms with Crippen molar-refractivity contribution < 1.29 is 4.79 Å². The largest absolute Gasteiger partial charge is 0.349 e.